The Morgan fingerprint density at radius 3 is 2.89 bits per heavy atom. The van der Waals surface area contributed by atoms with E-state index >= 15 is 0 Å². The Hall–Kier alpha value is -1.84. The maximum atomic E-state index is 12.3. The number of benzene rings is 1. The van der Waals surface area contributed by atoms with Gasteiger partial charge in [-0.15, -0.1) is 0 Å². The van der Waals surface area contributed by atoms with Crippen molar-refractivity contribution in [2.75, 3.05) is 13.6 Å². The molecule has 1 amide bonds. The predicted octanol–water partition coefficient (Wildman–Crippen LogP) is 1.43. The number of rotatable bonds is 3. The second-order valence-electron chi connectivity index (χ2n) is 5.66. The van der Waals surface area contributed by atoms with Crippen molar-refractivity contribution in [2.24, 2.45) is 5.92 Å². The van der Waals surface area contributed by atoms with E-state index in [1.807, 2.05) is 12.1 Å². The Morgan fingerprint density at radius 1 is 1.42 bits per heavy atom. The number of aliphatic carboxylic acids is 1. The number of carboxylic acids is 1. The lowest BCUT2D eigenvalue weighted by Gasteiger charge is -2.17. The van der Waals surface area contributed by atoms with Crippen LogP contribution in [0.5, 0.6) is 0 Å². The van der Waals surface area contributed by atoms with Gasteiger partial charge in [0.25, 0.3) is 0 Å². The summed E-state index contributed by atoms with van der Waals surface area (Å²) in [6.07, 6.45) is 2.92. The second-order valence-corrected chi connectivity index (χ2v) is 5.66. The Morgan fingerprint density at radius 2 is 2.16 bits per heavy atom. The topological polar surface area (TPSA) is 57.6 Å². The third-order valence-electron chi connectivity index (χ3n) is 4.52. The van der Waals surface area contributed by atoms with E-state index in [1.54, 1.807) is 7.05 Å². The number of carbonyl (C=O) groups excluding carboxylic acids is 1. The Labute approximate surface area is 112 Å². The SMILES string of the molecule is CN(CC(=O)O)C(=O)C1CC12CCc1ccccc12. The smallest absolute Gasteiger partial charge is 0.323 e. The van der Waals surface area contributed by atoms with Crippen molar-refractivity contribution in [1.29, 1.82) is 0 Å². The van der Waals surface area contributed by atoms with Crippen LogP contribution in [0.3, 0.4) is 0 Å². The van der Waals surface area contributed by atoms with Crippen LogP contribution in [0.1, 0.15) is 24.0 Å². The number of carbonyl (C=O) groups is 2. The molecule has 4 heteroatoms. The van der Waals surface area contributed by atoms with Crippen LogP contribution < -0.4 is 0 Å². The molecule has 100 valence electrons. The molecule has 2 aliphatic carbocycles. The fourth-order valence-electron chi connectivity index (χ4n) is 3.47. The van der Waals surface area contributed by atoms with Gasteiger partial charge in [-0.2, -0.15) is 0 Å². The Bertz CT molecular complexity index is 554. The van der Waals surface area contributed by atoms with Gasteiger partial charge in [-0.1, -0.05) is 24.3 Å². The summed E-state index contributed by atoms with van der Waals surface area (Å²) >= 11 is 0. The lowest BCUT2D eigenvalue weighted by atomic mass is 9.95. The molecule has 1 N–H and O–H groups in total. The van der Waals surface area contributed by atoms with E-state index in [4.69, 9.17) is 5.11 Å². The molecular weight excluding hydrogens is 242 g/mol. The maximum absolute atomic E-state index is 12.3. The van der Waals surface area contributed by atoms with Crippen molar-refractivity contribution in [3.8, 4) is 0 Å². The number of carboxylic acid groups (broad SMARTS) is 1. The van der Waals surface area contributed by atoms with Gasteiger partial charge in [0.05, 0.1) is 0 Å². The molecule has 19 heavy (non-hydrogen) atoms. The minimum absolute atomic E-state index is 0.000437. The van der Waals surface area contributed by atoms with Gasteiger partial charge in [-0.05, 0) is 30.4 Å². The highest BCUT2D eigenvalue weighted by Gasteiger charge is 2.61. The molecule has 3 rings (SSSR count). The first-order chi connectivity index (χ1) is 9.04. The lowest BCUT2D eigenvalue weighted by Crippen LogP contribution is -2.34. The van der Waals surface area contributed by atoms with Gasteiger partial charge in [0.2, 0.25) is 5.91 Å². The first kappa shape index (κ1) is 12.2. The number of amides is 1. The van der Waals surface area contributed by atoms with E-state index in [1.165, 1.54) is 16.0 Å². The summed E-state index contributed by atoms with van der Waals surface area (Å²) < 4.78 is 0. The van der Waals surface area contributed by atoms with E-state index < -0.39 is 5.97 Å². The van der Waals surface area contributed by atoms with Gasteiger partial charge in [-0.25, -0.2) is 0 Å². The molecule has 2 atom stereocenters. The van der Waals surface area contributed by atoms with Gasteiger partial charge in [-0.3, -0.25) is 9.59 Å². The molecule has 0 aliphatic heterocycles. The fraction of sp³-hybridized carbons (Fsp3) is 0.467. The first-order valence-corrected chi connectivity index (χ1v) is 6.60. The first-order valence-electron chi connectivity index (χ1n) is 6.60. The standard InChI is InChI=1S/C15H17NO3/c1-16(9-13(17)18)14(19)12-8-15(12)7-6-10-4-2-3-5-11(10)15/h2-5,12H,6-9H2,1H3,(H,17,18). The fourth-order valence-corrected chi connectivity index (χ4v) is 3.47. The molecule has 1 fully saturated rings. The summed E-state index contributed by atoms with van der Waals surface area (Å²) in [4.78, 5) is 24.3. The third-order valence-corrected chi connectivity index (χ3v) is 4.52. The zero-order chi connectivity index (χ0) is 13.6. The van der Waals surface area contributed by atoms with Crippen molar-refractivity contribution in [2.45, 2.75) is 24.7 Å². The number of hydrogen-bond acceptors (Lipinski definition) is 2. The molecule has 1 saturated carbocycles. The highest BCUT2D eigenvalue weighted by atomic mass is 16.4. The average molecular weight is 259 g/mol. The van der Waals surface area contributed by atoms with Crippen molar-refractivity contribution in [3.05, 3.63) is 35.4 Å². The normalized spacial score (nSPS) is 27.1. The van der Waals surface area contributed by atoms with Crippen LogP contribution in [0, 0.1) is 5.92 Å². The van der Waals surface area contributed by atoms with Crippen molar-refractivity contribution in [1.82, 2.24) is 4.90 Å². The van der Waals surface area contributed by atoms with Gasteiger partial charge >= 0.3 is 5.97 Å². The van der Waals surface area contributed by atoms with Crippen LogP contribution >= 0.6 is 0 Å². The van der Waals surface area contributed by atoms with Gasteiger partial charge in [0.15, 0.2) is 0 Å². The van der Waals surface area contributed by atoms with E-state index in [0.717, 1.165) is 19.3 Å². The van der Waals surface area contributed by atoms with Crippen LogP contribution in [-0.2, 0) is 21.4 Å². The zero-order valence-electron chi connectivity index (χ0n) is 10.9. The Balaban J connectivity index is 1.78. The van der Waals surface area contributed by atoms with Crippen LogP contribution in [0.25, 0.3) is 0 Å². The average Bonchev–Trinajstić information content (AvgIpc) is 2.98. The highest BCUT2D eigenvalue weighted by molar-refractivity contribution is 5.87. The predicted molar refractivity (Wildman–Crippen MR) is 69.8 cm³/mol. The largest absolute Gasteiger partial charge is 0.480 e. The number of aryl methyl sites for hydroxylation is 1. The minimum atomic E-state index is -0.961. The summed E-state index contributed by atoms with van der Waals surface area (Å²) in [6.45, 7) is -0.215. The molecule has 4 nitrogen and oxygen atoms in total. The van der Waals surface area contributed by atoms with E-state index in [2.05, 4.69) is 12.1 Å². The monoisotopic (exact) mass is 259 g/mol. The number of likely N-dealkylation sites (N-methyl/N-ethyl adjacent to an activating group) is 1. The van der Waals surface area contributed by atoms with Gasteiger partial charge in [0, 0.05) is 18.4 Å². The summed E-state index contributed by atoms with van der Waals surface area (Å²) in [5, 5.41) is 8.76. The molecular formula is C15H17NO3. The lowest BCUT2D eigenvalue weighted by molar-refractivity contribution is -0.144. The van der Waals surface area contributed by atoms with Crippen LogP contribution in [0.2, 0.25) is 0 Å². The number of hydrogen-bond donors (Lipinski definition) is 1. The van der Waals surface area contributed by atoms with Crippen molar-refractivity contribution < 1.29 is 14.7 Å². The molecule has 0 heterocycles. The van der Waals surface area contributed by atoms with E-state index in [9.17, 15) is 9.59 Å². The Kier molecular flexibility index (Phi) is 2.62. The van der Waals surface area contributed by atoms with Crippen LogP contribution in [0.4, 0.5) is 0 Å². The summed E-state index contributed by atoms with van der Waals surface area (Å²) in [7, 11) is 1.57. The van der Waals surface area contributed by atoms with Crippen molar-refractivity contribution >= 4 is 11.9 Å². The maximum Gasteiger partial charge on any atom is 0.323 e. The quantitative estimate of drug-likeness (QED) is 0.893. The zero-order valence-corrected chi connectivity index (χ0v) is 10.9. The number of nitrogens with zero attached hydrogens (tertiary/aromatic N) is 1. The van der Waals surface area contributed by atoms with Crippen LogP contribution in [-0.4, -0.2) is 35.5 Å². The third kappa shape index (κ3) is 1.82. The van der Waals surface area contributed by atoms with Crippen LogP contribution in [0.15, 0.2) is 24.3 Å². The molecule has 2 aliphatic rings. The summed E-state index contributed by atoms with van der Waals surface area (Å²) in [6, 6.07) is 8.30. The van der Waals surface area contributed by atoms with E-state index in [-0.39, 0.29) is 23.8 Å². The molecule has 0 bridgehead atoms. The minimum Gasteiger partial charge on any atom is -0.480 e. The summed E-state index contributed by atoms with van der Waals surface area (Å²) in [5.41, 5.74) is 2.65. The summed E-state index contributed by atoms with van der Waals surface area (Å²) in [5.74, 6) is -1.02. The van der Waals surface area contributed by atoms with Gasteiger partial charge < -0.3 is 10.0 Å². The second kappa shape index (κ2) is 4.08. The molecule has 1 spiro atoms. The number of fused-ring (bicyclic) bond motifs is 2. The molecule has 0 saturated heterocycles. The van der Waals surface area contributed by atoms with Crippen molar-refractivity contribution in [3.63, 3.8) is 0 Å². The van der Waals surface area contributed by atoms with Gasteiger partial charge in [0.1, 0.15) is 6.54 Å². The highest BCUT2D eigenvalue weighted by Crippen LogP contribution is 2.61. The molecule has 0 aromatic heterocycles. The molecule has 1 aromatic carbocycles. The van der Waals surface area contributed by atoms with E-state index in [0.29, 0.717) is 0 Å². The molecule has 0 radical (unpaired) electrons. The molecule has 1 aromatic rings. The molecule has 2 unspecified atom stereocenters.